The lowest BCUT2D eigenvalue weighted by Gasteiger charge is -2.15. The van der Waals surface area contributed by atoms with E-state index in [-0.39, 0.29) is 17.7 Å². The molecule has 0 fully saturated rings. The number of hydrogen-bond donors (Lipinski definition) is 1. The minimum absolute atomic E-state index is 0.0342. The summed E-state index contributed by atoms with van der Waals surface area (Å²) >= 11 is 0. The lowest BCUT2D eigenvalue weighted by molar-refractivity contribution is -0.140. The first-order chi connectivity index (χ1) is 8.52. The van der Waals surface area contributed by atoms with Crippen molar-refractivity contribution in [3.05, 3.63) is 29.6 Å². The average molecular weight is 253 g/mol. The van der Waals surface area contributed by atoms with E-state index >= 15 is 0 Å². The average Bonchev–Trinajstić information content (AvgIpc) is 2.28. The van der Waals surface area contributed by atoms with E-state index in [0.29, 0.717) is 25.1 Å². The molecule has 1 aliphatic heterocycles. The van der Waals surface area contributed by atoms with Crippen LogP contribution in [0.1, 0.15) is 25.8 Å². The third-order valence-electron chi connectivity index (χ3n) is 2.32. The van der Waals surface area contributed by atoms with Crippen LogP contribution < -0.4 is 5.32 Å². The van der Waals surface area contributed by atoms with Crippen molar-refractivity contribution in [1.29, 1.82) is 0 Å². The Hall–Kier alpha value is -1.91. The van der Waals surface area contributed by atoms with Gasteiger partial charge in [0.1, 0.15) is 5.82 Å². The summed E-state index contributed by atoms with van der Waals surface area (Å²) in [5.74, 6) is -0.554. The van der Waals surface area contributed by atoms with E-state index in [4.69, 9.17) is 0 Å². The number of anilines is 1. The SMILES string of the molecule is CCOC(C)=O.O=C1CCc2ccc(F)cc2N1. The number of carbonyl (C=O) groups excluding carboxylic acids is 2. The Morgan fingerprint density at radius 2 is 2.17 bits per heavy atom. The molecule has 0 radical (unpaired) electrons. The molecule has 5 heteroatoms. The fourth-order valence-electron chi connectivity index (χ4n) is 1.55. The summed E-state index contributed by atoms with van der Waals surface area (Å²) in [6, 6.07) is 4.48. The Labute approximate surface area is 105 Å². The molecule has 1 N–H and O–H groups in total. The van der Waals surface area contributed by atoms with Crippen molar-refractivity contribution in [2.24, 2.45) is 0 Å². The van der Waals surface area contributed by atoms with Gasteiger partial charge in [0.15, 0.2) is 0 Å². The molecule has 4 nitrogen and oxygen atoms in total. The quantitative estimate of drug-likeness (QED) is 0.781. The van der Waals surface area contributed by atoms with Gasteiger partial charge < -0.3 is 10.1 Å². The maximum Gasteiger partial charge on any atom is 0.302 e. The van der Waals surface area contributed by atoms with Gasteiger partial charge in [0.05, 0.1) is 6.61 Å². The molecule has 0 bridgehead atoms. The molecule has 98 valence electrons. The van der Waals surface area contributed by atoms with Gasteiger partial charge in [-0.3, -0.25) is 9.59 Å². The number of rotatable bonds is 1. The molecular formula is C13H16FNO3. The van der Waals surface area contributed by atoms with Gasteiger partial charge in [0.2, 0.25) is 5.91 Å². The zero-order valence-corrected chi connectivity index (χ0v) is 10.5. The predicted octanol–water partition coefficient (Wildman–Crippen LogP) is 2.28. The molecule has 1 heterocycles. The van der Waals surface area contributed by atoms with Gasteiger partial charge in [0, 0.05) is 19.0 Å². The van der Waals surface area contributed by atoms with Gasteiger partial charge in [0.25, 0.3) is 0 Å². The number of hydrogen-bond acceptors (Lipinski definition) is 3. The molecule has 0 saturated carbocycles. The maximum atomic E-state index is 12.7. The minimum Gasteiger partial charge on any atom is -0.466 e. The molecule has 0 unspecified atom stereocenters. The van der Waals surface area contributed by atoms with E-state index in [1.165, 1.54) is 19.1 Å². The fourth-order valence-corrected chi connectivity index (χ4v) is 1.55. The van der Waals surface area contributed by atoms with Crippen LogP contribution in [0.15, 0.2) is 18.2 Å². The van der Waals surface area contributed by atoms with Crippen molar-refractivity contribution >= 4 is 17.6 Å². The van der Waals surface area contributed by atoms with Gasteiger partial charge in [-0.15, -0.1) is 0 Å². The number of fused-ring (bicyclic) bond motifs is 1. The summed E-state index contributed by atoms with van der Waals surface area (Å²) in [5.41, 5.74) is 1.63. The van der Waals surface area contributed by atoms with Crippen LogP contribution in [0.5, 0.6) is 0 Å². The zero-order valence-electron chi connectivity index (χ0n) is 10.5. The Kier molecular flexibility index (Phi) is 5.30. The highest BCUT2D eigenvalue weighted by Crippen LogP contribution is 2.22. The monoisotopic (exact) mass is 253 g/mol. The lowest BCUT2D eigenvalue weighted by atomic mass is 10.0. The van der Waals surface area contributed by atoms with Gasteiger partial charge in [-0.05, 0) is 31.0 Å². The van der Waals surface area contributed by atoms with Crippen LogP contribution in [0.3, 0.4) is 0 Å². The molecule has 1 amide bonds. The normalized spacial score (nSPS) is 12.7. The Bertz CT molecular complexity index is 446. The van der Waals surface area contributed by atoms with E-state index in [1.807, 2.05) is 0 Å². The van der Waals surface area contributed by atoms with Crippen LogP contribution in [0.4, 0.5) is 10.1 Å². The third kappa shape index (κ3) is 4.53. The summed E-state index contributed by atoms with van der Waals surface area (Å²) < 4.78 is 17.1. The van der Waals surface area contributed by atoms with Gasteiger partial charge in [-0.2, -0.15) is 0 Å². The first-order valence-electron chi connectivity index (χ1n) is 5.74. The Balaban J connectivity index is 0.000000232. The molecule has 0 spiro atoms. The Morgan fingerprint density at radius 3 is 2.72 bits per heavy atom. The summed E-state index contributed by atoms with van der Waals surface area (Å²) in [7, 11) is 0. The molecule has 0 aromatic heterocycles. The van der Waals surface area contributed by atoms with E-state index in [0.717, 1.165) is 5.56 Å². The minimum atomic E-state index is -0.309. The second-order valence-corrected chi connectivity index (χ2v) is 3.77. The largest absolute Gasteiger partial charge is 0.466 e. The van der Waals surface area contributed by atoms with Crippen LogP contribution in [0, 0.1) is 5.82 Å². The van der Waals surface area contributed by atoms with Crippen molar-refractivity contribution < 1.29 is 18.7 Å². The molecule has 0 aliphatic carbocycles. The van der Waals surface area contributed by atoms with E-state index in [9.17, 15) is 14.0 Å². The highest BCUT2D eigenvalue weighted by molar-refractivity contribution is 5.93. The number of nitrogens with one attached hydrogen (secondary N) is 1. The predicted molar refractivity (Wildman–Crippen MR) is 65.7 cm³/mol. The molecule has 0 atom stereocenters. The van der Waals surface area contributed by atoms with Crippen molar-refractivity contribution in [1.82, 2.24) is 0 Å². The second kappa shape index (κ2) is 6.74. The number of ether oxygens (including phenoxy) is 1. The number of esters is 1. The van der Waals surface area contributed by atoms with Gasteiger partial charge in [-0.1, -0.05) is 6.07 Å². The summed E-state index contributed by atoms with van der Waals surface area (Å²) in [5, 5.41) is 2.62. The number of halogens is 1. The van der Waals surface area contributed by atoms with Crippen molar-refractivity contribution in [3.63, 3.8) is 0 Å². The van der Waals surface area contributed by atoms with Crippen LogP contribution in [0.25, 0.3) is 0 Å². The van der Waals surface area contributed by atoms with Crippen LogP contribution >= 0.6 is 0 Å². The summed E-state index contributed by atoms with van der Waals surface area (Å²) in [4.78, 5) is 20.7. The molecule has 1 aliphatic rings. The topological polar surface area (TPSA) is 55.4 Å². The van der Waals surface area contributed by atoms with Crippen molar-refractivity contribution in [2.75, 3.05) is 11.9 Å². The van der Waals surface area contributed by atoms with Crippen LogP contribution in [-0.2, 0) is 20.7 Å². The van der Waals surface area contributed by atoms with Gasteiger partial charge >= 0.3 is 5.97 Å². The standard InChI is InChI=1S/C9H8FNO.C4H8O2/c10-7-3-1-6-2-4-9(12)11-8(6)5-7;1-3-6-4(2)5/h1,3,5H,2,4H2,(H,11,12);3H2,1-2H3. The van der Waals surface area contributed by atoms with Crippen molar-refractivity contribution in [2.45, 2.75) is 26.7 Å². The molecular weight excluding hydrogens is 237 g/mol. The second-order valence-electron chi connectivity index (χ2n) is 3.77. The lowest BCUT2D eigenvalue weighted by Crippen LogP contribution is -2.18. The van der Waals surface area contributed by atoms with Crippen molar-refractivity contribution in [3.8, 4) is 0 Å². The summed E-state index contributed by atoms with van der Waals surface area (Å²) in [6.45, 7) is 3.65. The van der Waals surface area contributed by atoms with E-state index in [1.54, 1.807) is 13.0 Å². The number of carbonyl (C=O) groups is 2. The molecule has 2 rings (SSSR count). The molecule has 1 aromatic carbocycles. The zero-order chi connectivity index (χ0) is 13.5. The number of amides is 1. The number of aryl methyl sites for hydroxylation is 1. The summed E-state index contributed by atoms with van der Waals surface area (Å²) in [6.07, 6.45) is 1.21. The molecule has 1 aromatic rings. The third-order valence-corrected chi connectivity index (χ3v) is 2.32. The first kappa shape index (κ1) is 14.2. The van der Waals surface area contributed by atoms with Gasteiger partial charge in [-0.25, -0.2) is 4.39 Å². The van der Waals surface area contributed by atoms with E-state index in [2.05, 4.69) is 10.1 Å². The molecule has 18 heavy (non-hydrogen) atoms. The maximum absolute atomic E-state index is 12.7. The van der Waals surface area contributed by atoms with Crippen LogP contribution in [-0.4, -0.2) is 18.5 Å². The van der Waals surface area contributed by atoms with E-state index < -0.39 is 0 Å². The smallest absolute Gasteiger partial charge is 0.302 e. The highest BCUT2D eigenvalue weighted by atomic mass is 19.1. The molecule has 0 saturated heterocycles. The van der Waals surface area contributed by atoms with Crippen LogP contribution in [0.2, 0.25) is 0 Å². The Morgan fingerprint density at radius 1 is 1.44 bits per heavy atom. The number of benzene rings is 1. The first-order valence-corrected chi connectivity index (χ1v) is 5.74. The fraction of sp³-hybridized carbons (Fsp3) is 0.385. The highest BCUT2D eigenvalue weighted by Gasteiger charge is 2.14.